The molecule has 1 N–H and O–H groups in total. The molecule has 3 rings (SSSR count). The van der Waals surface area contributed by atoms with Gasteiger partial charge in [0.25, 0.3) is 0 Å². The standard InChI is InChI=1S/C17H21NO.C7H6O2/c1-18(2)13-14-19-17(15-9-5-3-6-10-15)16-11-7-4-8-12-16;8-7(9)6-4-2-1-3-5-6/h3-12,17H,13-14H2,1-2H3;1-5H,(H,8,9). The van der Waals surface area contributed by atoms with Crippen molar-refractivity contribution in [1.82, 2.24) is 4.90 Å². The van der Waals surface area contributed by atoms with Crippen LogP contribution in [0.5, 0.6) is 0 Å². The van der Waals surface area contributed by atoms with Gasteiger partial charge in [-0.1, -0.05) is 78.9 Å². The highest BCUT2D eigenvalue weighted by atomic mass is 16.5. The van der Waals surface area contributed by atoms with Crippen molar-refractivity contribution in [2.75, 3.05) is 27.2 Å². The zero-order valence-corrected chi connectivity index (χ0v) is 16.4. The third kappa shape index (κ3) is 7.35. The maximum atomic E-state index is 10.2. The lowest BCUT2D eigenvalue weighted by molar-refractivity contribution is 0.0686. The molecule has 4 heteroatoms. The molecule has 0 radical (unpaired) electrons. The second-order valence-corrected chi connectivity index (χ2v) is 6.55. The molecule has 146 valence electrons. The fourth-order valence-electron chi connectivity index (χ4n) is 2.57. The predicted molar refractivity (Wildman–Crippen MR) is 113 cm³/mol. The molecule has 3 aromatic carbocycles. The zero-order valence-electron chi connectivity index (χ0n) is 16.4. The highest BCUT2D eigenvalue weighted by Gasteiger charge is 2.13. The maximum absolute atomic E-state index is 10.2. The molecule has 3 aromatic rings. The molecule has 0 aliphatic carbocycles. The van der Waals surface area contributed by atoms with Crippen molar-refractivity contribution in [3.05, 3.63) is 108 Å². The quantitative estimate of drug-likeness (QED) is 0.646. The van der Waals surface area contributed by atoms with Crippen LogP contribution in [0, 0.1) is 0 Å². The maximum Gasteiger partial charge on any atom is 0.335 e. The summed E-state index contributed by atoms with van der Waals surface area (Å²) in [6, 6.07) is 29.1. The lowest BCUT2D eigenvalue weighted by Crippen LogP contribution is -2.20. The van der Waals surface area contributed by atoms with Crippen LogP contribution in [0.1, 0.15) is 27.6 Å². The second kappa shape index (κ2) is 11.7. The summed E-state index contributed by atoms with van der Waals surface area (Å²) in [4.78, 5) is 12.3. The minimum atomic E-state index is -0.879. The van der Waals surface area contributed by atoms with E-state index in [1.54, 1.807) is 30.3 Å². The van der Waals surface area contributed by atoms with Crippen molar-refractivity contribution >= 4 is 5.97 Å². The van der Waals surface area contributed by atoms with Gasteiger partial charge in [-0.2, -0.15) is 0 Å². The number of likely N-dealkylation sites (N-methyl/N-ethyl adjacent to an activating group) is 1. The molecule has 0 bridgehead atoms. The SMILES string of the molecule is CN(C)CCOC(c1ccccc1)c1ccccc1.O=C(O)c1ccccc1. The van der Waals surface area contributed by atoms with Gasteiger partial charge in [0.05, 0.1) is 12.2 Å². The largest absolute Gasteiger partial charge is 0.478 e. The molecule has 0 aliphatic heterocycles. The molecule has 0 aromatic heterocycles. The number of benzene rings is 3. The van der Waals surface area contributed by atoms with E-state index in [1.165, 1.54) is 11.1 Å². The van der Waals surface area contributed by atoms with E-state index >= 15 is 0 Å². The van der Waals surface area contributed by atoms with Crippen LogP contribution in [0.3, 0.4) is 0 Å². The van der Waals surface area contributed by atoms with Crippen LogP contribution < -0.4 is 0 Å². The molecular formula is C24H27NO3. The van der Waals surface area contributed by atoms with Crippen LogP contribution >= 0.6 is 0 Å². The van der Waals surface area contributed by atoms with E-state index in [-0.39, 0.29) is 6.10 Å². The summed E-state index contributed by atoms with van der Waals surface area (Å²) in [6.07, 6.45) is 0.0161. The summed E-state index contributed by atoms with van der Waals surface area (Å²) in [5.41, 5.74) is 2.73. The summed E-state index contributed by atoms with van der Waals surface area (Å²) < 4.78 is 6.08. The van der Waals surface area contributed by atoms with E-state index in [0.29, 0.717) is 5.56 Å². The number of rotatable bonds is 7. The third-order valence-electron chi connectivity index (χ3n) is 4.05. The first-order chi connectivity index (χ1) is 13.6. The molecule has 0 unspecified atom stereocenters. The van der Waals surface area contributed by atoms with E-state index in [9.17, 15) is 4.79 Å². The monoisotopic (exact) mass is 377 g/mol. The number of aromatic carboxylic acids is 1. The molecule has 0 fully saturated rings. The van der Waals surface area contributed by atoms with Gasteiger partial charge in [0.2, 0.25) is 0 Å². The summed E-state index contributed by atoms with van der Waals surface area (Å²) in [5.74, 6) is -0.879. The highest BCUT2D eigenvalue weighted by molar-refractivity contribution is 5.87. The number of carbonyl (C=O) groups is 1. The average molecular weight is 377 g/mol. The van der Waals surface area contributed by atoms with Crippen LogP contribution in [-0.4, -0.2) is 43.2 Å². The van der Waals surface area contributed by atoms with Crippen LogP contribution in [-0.2, 0) is 4.74 Å². The van der Waals surface area contributed by atoms with Gasteiger partial charge in [0.15, 0.2) is 0 Å². The van der Waals surface area contributed by atoms with Crippen LogP contribution in [0.25, 0.3) is 0 Å². The van der Waals surface area contributed by atoms with Gasteiger partial charge in [-0.05, 0) is 37.4 Å². The zero-order chi connectivity index (χ0) is 20.2. The Morgan fingerprint density at radius 1 is 0.821 bits per heavy atom. The molecule has 0 atom stereocenters. The van der Waals surface area contributed by atoms with Gasteiger partial charge < -0.3 is 14.7 Å². The van der Waals surface area contributed by atoms with E-state index in [1.807, 2.05) is 12.1 Å². The fourth-order valence-corrected chi connectivity index (χ4v) is 2.57. The Morgan fingerprint density at radius 2 is 1.25 bits per heavy atom. The topological polar surface area (TPSA) is 49.8 Å². The van der Waals surface area contributed by atoms with Crippen molar-refractivity contribution < 1.29 is 14.6 Å². The first-order valence-corrected chi connectivity index (χ1v) is 9.22. The van der Waals surface area contributed by atoms with Crippen molar-refractivity contribution in [3.63, 3.8) is 0 Å². The number of hydrogen-bond acceptors (Lipinski definition) is 3. The minimum absolute atomic E-state index is 0.0161. The second-order valence-electron chi connectivity index (χ2n) is 6.55. The minimum Gasteiger partial charge on any atom is -0.478 e. The van der Waals surface area contributed by atoms with Crippen molar-refractivity contribution in [3.8, 4) is 0 Å². The Hall–Kier alpha value is -2.95. The highest BCUT2D eigenvalue weighted by Crippen LogP contribution is 2.25. The number of nitrogens with zero attached hydrogens (tertiary/aromatic N) is 1. The van der Waals surface area contributed by atoms with Crippen LogP contribution in [0.15, 0.2) is 91.0 Å². The lowest BCUT2D eigenvalue weighted by Gasteiger charge is -2.20. The molecule has 0 heterocycles. The fraction of sp³-hybridized carbons (Fsp3) is 0.208. The molecule has 0 aliphatic rings. The number of hydrogen-bond donors (Lipinski definition) is 1. The first kappa shape index (κ1) is 21.4. The van der Waals surface area contributed by atoms with E-state index in [2.05, 4.69) is 67.5 Å². The Morgan fingerprint density at radius 3 is 1.61 bits per heavy atom. The van der Waals surface area contributed by atoms with Gasteiger partial charge in [0.1, 0.15) is 6.10 Å². The van der Waals surface area contributed by atoms with Crippen molar-refractivity contribution in [2.24, 2.45) is 0 Å². The smallest absolute Gasteiger partial charge is 0.335 e. The molecule has 0 spiro atoms. The van der Waals surface area contributed by atoms with Crippen LogP contribution in [0.4, 0.5) is 0 Å². The van der Waals surface area contributed by atoms with Crippen LogP contribution in [0.2, 0.25) is 0 Å². The molecule has 28 heavy (non-hydrogen) atoms. The number of carboxylic acids is 1. The summed E-state index contributed by atoms with van der Waals surface area (Å²) >= 11 is 0. The molecular weight excluding hydrogens is 350 g/mol. The average Bonchev–Trinajstić information content (AvgIpc) is 2.73. The van der Waals surface area contributed by atoms with E-state index in [0.717, 1.165) is 13.2 Å². The van der Waals surface area contributed by atoms with E-state index in [4.69, 9.17) is 9.84 Å². The van der Waals surface area contributed by atoms with Gasteiger partial charge in [0, 0.05) is 6.54 Å². The van der Waals surface area contributed by atoms with Gasteiger partial charge in [-0.3, -0.25) is 0 Å². The lowest BCUT2D eigenvalue weighted by atomic mass is 10.0. The van der Waals surface area contributed by atoms with Gasteiger partial charge in [-0.25, -0.2) is 4.79 Å². The summed E-state index contributed by atoms with van der Waals surface area (Å²) in [7, 11) is 4.12. The molecule has 0 saturated carbocycles. The summed E-state index contributed by atoms with van der Waals surface area (Å²) in [6.45, 7) is 1.65. The first-order valence-electron chi connectivity index (χ1n) is 9.22. The number of ether oxygens (including phenoxy) is 1. The normalized spacial score (nSPS) is 10.4. The summed E-state index contributed by atoms with van der Waals surface area (Å²) in [5, 5.41) is 8.38. The van der Waals surface area contributed by atoms with Gasteiger partial charge in [-0.15, -0.1) is 0 Å². The van der Waals surface area contributed by atoms with Crippen molar-refractivity contribution in [2.45, 2.75) is 6.10 Å². The van der Waals surface area contributed by atoms with Gasteiger partial charge >= 0.3 is 5.97 Å². The Balaban J connectivity index is 0.000000261. The van der Waals surface area contributed by atoms with Crippen molar-refractivity contribution in [1.29, 1.82) is 0 Å². The molecule has 4 nitrogen and oxygen atoms in total. The Bertz CT molecular complexity index is 766. The molecule has 0 saturated heterocycles. The predicted octanol–water partition coefficient (Wildman–Crippen LogP) is 4.74. The molecule has 0 amide bonds. The van der Waals surface area contributed by atoms with E-state index < -0.39 is 5.97 Å². The number of carboxylic acid groups (broad SMARTS) is 1. The Kier molecular flexibility index (Phi) is 8.92. The third-order valence-corrected chi connectivity index (χ3v) is 4.05. The Labute approximate surface area is 167 Å².